The third-order valence-electron chi connectivity index (χ3n) is 7.57. The largest absolute Gasteiger partial charge is 0.349 e. The molecule has 3 heterocycles. The molecule has 2 bridgehead atoms. The molecule has 1 N–H and O–H groups in total. The van der Waals surface area contributed by atoms with E-state index in [1.165, 1.54) is 0 Å². The maximum Gasteiger partial charge on any atom is 0.248 e. The summed E-state index contributed by atoms with van der Waals surface area (Å²) >= 11 is 0. The molecule has 3 unspecified atom stereocenters. The number of piperidine rings is 1. The van der Waals surface area contributed by atoms with Gasteiger partial charge in [0.15, 0.2) is 0 Å². The molecule has 2 saturated heterocycles. The maximum atomic E-state index is 15.0. The third-order valence-corrected chi connectivity index (χ3v) is 7.57. The lowest BCUT2D eigenvalue weighted by Crippen LogP contribution is -2.45. The summed E-state index contributed by atoms with van der Waals surface area (Å²) in [7, 11) is 0. The van der Waals surface area contributed by atoms with Crippen LogP contribution in [0.3, 0.4) is 0 Å². The summed E-state index contributed by atoms with van der Waals surface area (Å²) in [5.41, 5.74) is 0.542. The van der Waals surface area contributed by atoms with Crippen molar-refractivity contribution in [3.63, 3.8) is 0 Å². The molecule has 1 aromatic carbocycles. The second-order valence-electron chi connectivity index (χ2n) is 10.3. The number of nitrogens with one attached hydrogen (secondary N) is 1. The van der Waals surface area contributed by atoms with Crippen LogP contribution in [0.5, 0.6) is 0 Å². The van der Waals surface area contributed by atoms with Crippen LogP contribution in [0.25, 0.3) is 0 Å². The molecule has 8 heteroatoms. The van der Waals surface area contributed by atoms with Crippen LogP contribution in [0, 0.1) is 12.8 Å². The van der Waals surface area contributed by atoms with E-state index in [0.717, 1.165) is 12.8 Å². The Morgan fingerprint density at radius 3 is 2.46 bits per heavy atom. The van der Waals surface area contributed by atoms with E-state index in [1.54, 1.807) is 48.7 Å². The molecule has 3 atom stereocenters. The minimum absolute atomic E-state index is 0.00671. The van der Waals surface area contributed by atoms with Gasteiger partial charge in [0.05, 0.1) is 6.04 Å². The molecule has 37 heavy (non-hydrogen) atoms. The minimum atomic E-state index is -5.10. The van der Waals surface area contributed by atoms with Crippen LogP contribution >= 0.6 is 0 Å². The van der Waals surface area contributed by atoms with Gasteiger partial charge in [0.2, 0.25) is 11.8 Å². The third kappa shape index (κ3) is 5.74. The molecule has 1 aliphatic carbocycles. The van der Waals surface area contributed by atoms with E-state index in [-0.39, 0.29) is 36.2 Å². The molecule has 0 radical (unpaired) electrons. The Kier molecular flexibility index (Phi) is 4.46. The van der Waals surface area contributed by atoms with Crippen molar-refractivity contribution in [2.75, 3.05) is 6.54 Å². The highest BCUT2D eigenvalue weighted by atomic mass is 19.3. The van der Waals surface area contributed by atoms with Gasteiger partial charge in [0.1, 0.15) is 11.6 Å². The quantitative estimate of drug-likeness (QED) is 0.463. The van der Waals surface area contributed by atoms with Crippen molar-refractivity contribution in [1.82, 2.24) is 25.0 Å². The van der Waals surface area contributed by atoms with Gasteiger partial charge in [-0.3, -0.25) is 9.69 Å². The molecule has 3 aliphatic rings. The lowest BCUT2D eigenvalue weighted by molar-refractivity contribution is -0.130. The first-order valence-corrected chi connectivity index (χ1v) is 12.7. The Bertz CT molecular complexity index is 1470. The second-order valence-corrected chi connectivity index (χ2v) is 10.3. The van der Waals surface area contributed by atoms with Crippen molar-refractivity contribution < 1.29 is 30.0 Å². The molecule has 2 aliphatic heterocycles. The zero-order chi connectivity index (χ0) is 36.8. The fraction of sp³-hybridized carbons (Fsp3) is 0.690. The van der Waals surface area contributed by atoms with Gasteiger partial charge < -0.3 is 9.88 Å². The van der Waals surface area contributed by atoms with Crippen LogP contribution in [-0.4, -0.2) is 50.1 Å². The Morgan fingerprint density at radius 1 is 1.16 bits per heavy atom. The molecule has 3 fully saturated rings. The summed E-state index contributed by atoms with van der Waals surface area (Å²) in [5, 5.41) is 10.6. The average molecular weight is 526 g/mol. The summed E-state index contributed by atoms with van der Waals surface area (Å²) in [5.74, 6) is -10.4. The highest BCUT2D eigenvalue weighted by Crippen LogP contribution is 2.42. The topological polar surface area (TPSA) is 63.1 Å². The van der Waals surface area contributed by atoms with Crippen molar-refractivity contribution in [3.8, 4) is 0 Å². The second kappa shape index (κ2) is 10.8. The standard InChI is InChI=1S/C29H41F2N5O/c1-19(2)27-34-33-20(3)36(27)25-17-23-9-10-24(18-25)35(23)16-13-26(21-7-5-4-6-8-21)32-28(37)22-11-14-29(30,31)15-12-22/h4-8,19,22-26H,9-18H2,1-3H3,(H,32,37)/i3D3,11D2,12D2,14D2,15D2,19D. The average Bonchev–Trinajstić information content (AvgIpc) is 3.53. The number of hydrogen-bond donors (Lipinski definition) is 1. The number of aromatic nitrogens is 3. The van der Waals surface area contributed by atoms with Gasteiger partial charge in [0, 0.05) is 65.7 Å². The molecular formula is C29H41F2N5O. The predicted molar refractivity (Wildman–Crippen MR) is 139 cm³/mol. The fourth-order valence-electron chi connectivity index (χ4n) is 5.86. The molecule has 5 rings (SSSR count). The molecule has 0 spiro atoms. The summed E-state index contributed by atoms with van der Waals surface area (Å²) in [6.07, 6.45) is -13.1. The van der Waals surface area contributed by atoms with Gasteiger partial charge in [-0.1, -0.05) is 44.2 Å². The zero-order valence-corrected chi connectivity index (χ0v) is 21.0. The van der Waals surface area contributed by atoms with Gasteiger partial charge in [-0.2, -0.15) is 0 Å². The van der Waals surface area contributed by atoms with E-state index in [1.807, 2.05) is 0 Å². The van der Waals surface area contributed by atoms with E-state index in [9.17, 15) is 13.6 Å². The van der Waals surface area contributed by atoms with Crippen LogP contribution in [0.4, 0.5) is 8.78 Å². The molecule has 1 aromatic heterocycles. The van der Waals surface area contributed by atoms with Gasteiger partial charge in [-0.25, -0.2) is 8.78 Å². The lowest BCUT2D eigenvalue weighted by atomic mass is 9.86. The summed E-state index contributed by atoms with van der Waals surface area (Å²) in [6.45, 7) is 1.09. The maximum absolute atomic E-state index is 15.0. The number of alkyl halides is 2. The number of hydrogen-bond acceptors (Lipinski definition) is 4. The first kappa shape index (κ1) is 15.3. The van der Waals surface area contributed by atoms with Crippen molar-refractivity contribution in [1.29, 1.82) is 0 Å². The normalized spacial score (nSPS) is 37.8. The number of fused-ring (bicyclic) bond motifs is 2. The van der Waals surface area contributed by atoms with Gasteiger partial charge in [-0.05, 0) is 57.3 Å². The Labute approximate surface area is 236 Å². The molecule has 2 aromatic rings. The van der Waals surface area contributed by atoms with Gasteiger partial charge in [0.25, 0.3) is 0 Å². The van der Waals surface area contributed by atoms with Crippen LogP contribution in [-0.2, 0) is 4.79 Å². The van der Waals surface area contributed by atoms with Crippen LogP contribution in [0.15, 0.2) is 30.3 Å². The summed E-state index contributed by atoms with van der Waals surface area (Å²) in [4.78, 5) is 16.0. The van der Waals surface area contributed by atoms with E-state index in [0.29, 0.717) is 24.9 Å². The molecular weight excluding hydrogens is 472 g/mol. The number of nitrogens with zero attached hydrogens (tertiary/aromatic N) is 4. The SMILES string of the molecule is [2H]C([2H])([2H])c1nnc(C([2H])(C)C)n1C1CC2CCC(C1)N2CCC(NC(=O)C1C([2H])([2H])C([2H])([2H])C(F)(F)C([2H])([2H])C1([2H])[2H])c1ccccc1. The summed E-state index contributed by atoms with van der Waals surface area (Å²) in [6, 6.07) is 7.27. The molecule has 1 amide bonds. The molecule has 1 saturated carbocycles. The van der Waals surface area contributed by atoms with E-state index >= 15 is 0 Å². The van der Waals surface area contributed by atoms with Gasteiger partial charge >= 0.3 is 0 Å². The number of halogens is 2. The van der Waals surface area contributed by atoms with E-state index < -0.39 is 62.0 Å². The number of aryl methyl sites for hydroxylation is 1. The van der Waals surface area contributed by atoms with Crippen molar-refractivity contribution in [2.24, 2.45) is 5.92 Å². The Balaban J connectivity index is 1.39. The van der Waals surface area contributed by atoms with Crippen LogP contribution < -0.4 is 5.32 Å². The first-order chi connectivity index (χ1) is 22.3. The smallest absolute Gasteiger partial charge is 0.248 e. The number of rotatable bonds is 8. The van der Waals surface area contributed by atoms with Gasteiger partial charge in [-0.15, -0.1) is 10.2 Å². The van der Waals surface area contributed by atoms with Crippen LogP contribution in [0.2, 0.25) is 0 Å². The van der Waals surface area contributed by atoms with E-state index in [2.05, 4.69) is 20.4 Å². The monoisotopic (exact) mass is 525 g/mol. The first-order valence-electron chi connectivity index (χ1n) is 18.7. The highest BCUT2D eigenvalue weighted by molar-refractivity contribution is 5.79. The number of carbonyl (C=O) groups is 1. The van der Waals surface area contributed by atoms with Crippen LogP contribution in [0.1, 0.15) is 123 Å². The Hall–Kier alpha value is -2.35. The van der Waals surface area contributed by atoms with Crippen molar-refractivity contribution in [3.05, 3.63) is 47.5 Å². The van der Waals surface area contributed by atoms with E-state index in [4.69, 9.17) is 16.4 Å². The number of amides is 1. The number of benzene rings is 1. The lowest BCUT2D eigenvalue weighted by Gasteiger charge is -2.40. The highest BCUT2D eigenvalue weighted by Gasteiger charge is 2.42. The molecule has 6 nitrogen and oxygen atoms in total. The zero-order valence-electron chi connectivity index (χ0n) is 33.0. The van der Waals surface area contributed by atoms with Crippen molar-refractivity contribution in [2.45, 2.75) is 114 Å². The Morgan fingerprint density at radius 2 is 1.84 bits per heavy atom. The minimum Gasteiger partial charge on any atom is -0.349 e. The number of carbonyl (C=O) groups excluding carboxylic acids is 1. The fourth-order valence-corrected chi connectivity index (χ4v) is 5.86. The van der Waals surface area contributed by atoms with Crippen molar-refractivity contribution >= 4 is 5.91 Å². The summed E-state index contributed by atoms with van der Waals surface area (Å²) < 4.78 is 129. The predicted octanol–water partition coefficient (Wildman–Crippen LogP) is 5.95. The molecule has 202 valence electrons.